The number of ether oxygens (including phenoxy) is 1. The van der Waals surface area contributed by atoms with Crippen LogP contribution in [-0.2, 0) is 4.74 Å². The number of nitrogens with zero attached hydrogens (tertiary/aromatic N) is 1. The molecule has 1 aromatic heterocycles. The summed E-state index contributed by atoms with van der Waals surface area (Å²) in [6.07, 6.45) is 0. The molecule has 2 N–H and O–H groups in total. The predicted molar refractivity (Wildman–Crippen MR) is 62.9 cm³/mol. The fourth-order valence-corrected chi connectivity index (χ4v) is 1.31. The molecule has 92 valence electrons. The van der Waals surface area contributed by atoms with Crippen LogP contribution < -0.4 is 5.73 Å². The van der Waals surface area contributed by atoms with Gasteiger partial charge < -0.3 is 10.5 Å². The summed E-state index contributed by atoms with van der Waals surface area (Å²) in [5.74, 6) is -1.30. The van der Waals surface area contributed by atoms with E-state index in [4.69, 9.17) is 22.1 Å². The third-order valence-electron chi connectivity index (χ3n) is 1.72. The summed E-state index contributed by atoms with van der Waals surface area (Å²) in [6, 6.07) is 2.69. The second kappa shape index (κ2) is 4.71. The lowest BCUT2D eigenvalue weighted by Crippen LogP contribution is -2.24. The second-order valence-electron chi connectivity index (χ2n) is 4.40. The van der Waals surface area contributed by atoms with Gasteiger partial charge >= 0.3 is 5.97 Å². The van der Waals surface area contributed by atoms with Crippen molar-refractivity contribution >= 4 is 23.5 Å². The first kappa shape index (κ1) is 13.4. The number of pyridine rings is 1. The zero-order chi connectivity index (χ0) is 13.2. The molecule has 1 aromatic rings. The van der Waals surface area contributed by atoms with Crippen molar-refractivity contribution < 1.29 is 14.3 Å². The van der Waals surface area contributed by atoms with Crippen molar-refractivity contribution in [1.82, 2.24) is 4.98 Å². The highest BCUT2D eigenvalue weighted by Crippen LogP contribution is 2.16. The number of rotatable bonds is 2. The number of carbonyl (C=O) groups excluding carboxylic acids is 2. The topological polar surface area (TPSA) is 82.3 Å². The minimum Gasteiger partial charge on any atom is -0.455 e. The van der Waals surface area contributed by atoms with E-state index in [0.717, 1.165) is 0 Å². The summed E-state index contributed by atoms with van der Waals surface area (Å²) in [5, 5.41) is -0.110. The molecule has 0 aliphatic heterocycles. The van der Waals surface area contributed by atoms with Gasteiger partial charge in [-0.1, -0.05) is 11.6 Å². The minimum atomic E-state index is -0.696. The predicted octanol–water partition coefficient (Wildman–Crippen LogP) is 1.79. The van der Waals surface area contributed by atoms with Crippen molar-refractivity contribution in [3.8, 4) is 0 Å². The van der Waals surface area contributed by atoms with Crippen molar-refractivity contribution in [2.45, 2.75) is 26.4 Å². The highest BCUT2D eigenvalue weighted by molar-refractivity contribution is 6.32. The lowest BCUT2D eigenvalue weighted by molar-refractivity contribution is 0.00626. The van der Waals surface area contributed by atoms with E-state index in [0.29, 0.717) is 0 Å². The Morgan fingerprint density at radius 3 is 2.35 bits per heavy atom. The summed E-state index contributed by atoms with van der Waals surface area (Å²) in [7, 11) is 0. The van der Waals surface area contributed by atoms with Gasteiger partial charge in [-0.3, -0.25) is 4.79 Å². The molecule has 17 heavy (non-hydrogen) atoms. The van der Waals surface area contributed by atoms with Crippen molar-refractivity contribution in [1.29, 1.82) is 0 Å². The Hall–Kier alpha value is -1.62. The highest BCUT2D eigenvalue weighted by atomic mass is 35.5. The molecule has 0 aliphatic carbocycles. The van der Waals surface area contributed by atoms with E-state index in [1.165, 1.54) is 12.1 Å². The number of esters is 1. The molecule has 0 bridgehead atoms. The first-order chi connectivity index (χ1) is 7.70. The van der Waals surface area contributed by atoms with Crippen LogP contribution in [0.5, 0.6) is 0 Å². The van der Waals surface area contributed by atoms with E-state index in [-0.39, 0.29) is 16.4 Å². The number of halogens is 1. The maximum absolute atomic E-state index is 11.6. The van der Waals surface area contributed by atoms with E-state index < -0.39 is 17.5 Å². The summed E-state index contributed by atoms with van der Waals surface area (Å²) in [5.41, 5.74) is 4.55. The van der Waals surface area contributed by atoms with E-state index in [2.05, 4.69) is 4.98 Å². The molecule has 0 spiro atoms. The van der Waals surface area contributed by atoms with Gasteiger partial charge in [0.15, 0.2) is 0 Å². The van der Waals surface area contributed by atoms with Crippen LogP contribution in [0, 0.1) is 0 Å². The smallest absolute Gasteiger partial charge is 0.357 e. The van der Waals surface area contributed by atoms with Gasteiger partial charge in [0.05, 0.1) is 5.56 Å². The van der Waals surface area contributed by atoms with Crippen molar-refractivity contribution in [3.63, 3.8) is 0 Å². The SMILES string of the molecule is CC(C)(C)OC(=O)c1ccc(C(N)=O)c(Cl)n1. The monoisotopic (exact) mass is 256 g/mol. The molecule has 6 heteroatoms. The van der Waals surface area contributed by atoms with E-state index in [1.54, 1.807) is 20.8 Å². The fourth-order valence-electron chi connectivity index (χ4n) is 1.06. The third kappa shape index (κ3) is 3.71. The lowest BCUT2D eigenvalue weighted by Gasteiger charge is -2.19. The van der Waals surface area contributed by atoms with Crippen LogP contribution in [0.2, 0.25) is 5.15 Å². The number of hydrogen-bond donors (Lipinski definition) is 1. The standard InChI is InChI=1S/C11H13ClN2O3/c1-11(2,3)17-10(16)7-5-4-6(9(13)15)8(12)14-7/h4-5H,1-3H3,(H2,13,15). The first-order valence-corrected chi connectivity index (χ1v) is 5.28. The normalized spacial score (nSPS) is 11.1. The Bertz CT molecular complexity index is 466. The Labute approximate surface area is 104 Å². The molecule has 0 radical (unpaired) electrons. The van der Waals surface area contributed by atoms with Crippen molar-refractivity contribution in [3.05, 3.63) is 28.5 Å². The molecular formula is C11H13ClN2O3. The van der Waals surface area contributed by atoms with Crippen LogP contribution in [0.4, 0.5) is 0 Å². The Morgan fingerprint density at radius 2 is 1.94 bits per heavy atom. The Kier molecular flexibility index (Phi) is 3.72. The van der Waals surface area contributed by atoms with Crippen LogP contribution in [0.3, 0.4) is 0 Å². The number of nitrogens with two attached hydrogens (primary N) is 1. The molecule has 0 aliphatic rings. The first-order valence-electron chi connectivity index (χ1n) is 4.90. The number of carbonyl (C=O) groups is 2. The molecule has 0 saturated carbocycles. The third-order valence-corrected chi connectivity index (χ3v) is 2.01. The maximum atomic E-state index is 11.6. The number of hydrogen-bond acceptors (Lipinski definition) is 4. The Morgan fingerprint density at radius 1 is 1.35 bits per heavy atom. The summed E-state index contributed by atoms with van der Waals surface area (Å²) < 4.78 is 5.10. The van der Waals surface area contributed by atoms with Crippen molar-refractivity contribution in [2.24, 2.45) is 5.73 Å². The second-order valence-corrected chi connectivity index (χ2v) is 4.76. The molecule has 0 unspecified atom stereocenters. The summed E-state index contributed by atoms with van der Waals surface area (Å²) in [6.45, 7) is 5.22. The number of amides is 1. The van der Waals surface area contributed by atoms with Crippen LogP contribution in [0.25, 0.3) is 0 Å². The summed E-state index contributed by atoms with van der Waals surface area (Å²) in [4.78, 5) is 26.3. The van der Waals surface area contributed by atoms with Crippen molar-refractivity contribution in [2.75, 3.05) is 0 Å². The van der Waals surface area contributed by atoms with Gasteiger partial charge in [-0.15, -0.1) is 0 Å². The molecule has 0 aromatic carbocycles. The average molecular weight is 257 g/mol. The molecule has 5 nitrogen and oxygen atoms in total. The Balaban J connectivity index is 2.98. The fraction of sp³-hybridized carbons (Fsp3) is 0.364. The highest BCUT2D eigenvalue weighted by Gasteiger charge is 2.20. The zero-order valence-corrected chi connectivity index (χ0v) is 10.5. The van der Waals surface area contributed by atoms with Gasteiger partial charge in [-0.2, -0.15) is 0 Å². The largest absolute Gasteiger partial charge is 0.455 e. The maximum Gasteiger partial charge on any atom is 0.357 e. The van der Waals surface area contributed by atoms with Crippen LogP contribution in [-0.4, -0.2) is 22.5 Å². The molecule has 1 amide bonds. The summed E-state index contributed by atoms with van der Waals surface area (Å²) >= 11 is 5.72. The minimum absolute atomic E-state index is 0.0370. The van der Waals surface area contributed by atoms with Crippen LogP contribution >= 0.6 is 11.6 Å². The molecular weight excluding hydrogens is 244 g/mol. The van der Waals surface area contributed by atoms with Crippen LogP contribution in [0.1, 0.15) is 41.6 Å². The van der Waals surface area contributed by atoms with Crippen LogP contribution in [0.15, 0.2) is 12.1 Å². The van der Waals surface area contributed by atoms with E-state index in [9.17, 15) is 9.59 Å². The molecule has 0 saturated heterocycles. The van der Waals surface area contributed by atoms with Gasteiger partial charge in [0, 0.05) is 0 Å². The number of aromatic nitrogens is 1. The molecule has 0 fully saturated rings. The van der Waals surface area contributed by atoms with Gasteiger partial charge in [0.1, 0.15) is 16.4 Å². The zero-order valence-electron chi connectivity index (χ0n) is 9.78. The molecule has 1 rings (SSSR count). The van der Waals surface area contributed by atoms with Gasteiger partial charge in [0.25, 0.3) is 5.91 Å². The molecule has 0 atom stereocenters. The van der Waals surface area contributed by atoms with Gasteiger partial charge in [-0.25, -0.2) is 9.78 Å². The van der Waals surface area contributed by atoms with Gasteiger partial charge in [-0.05, 0) is 32.9 Å². The average Bonchev–Trinajstić information content (AvgIpc) is 2.14. The van der Waals surface area contributed by atoms with E-state index in [1.807, 2.05) is 0 Å². The lowest BCUT2D eigenvalue weighted by atomic mass is 10.2. The molecule has 1 heterocycles. The quantitative estimate of drug-likeness (QED) is 0.646. The van der Waals surface area contributed by atoms with Gasteiger partial charge in [0.2, 0.25) is 0 Å². The van der Waals surface area contributed by atoms with E-state index >= 15 is 0 Å². The number of primary amides is 1.